The maximum Gasteiger partial charge on any atom is 0.348 e. The van der Waals surface area contributed by atoms with Crippen LogP contribution in [0, 0.1) is 17.0 Å². The summed E-state index contributed by atoms with van der Waals surface area (Å²) in [5.74, 6) is -1.87. The van der Waals surface area contributed by atoms with Crippen LogP contribution in [-0.2, 0) is 33.3 Å². The molecule has 17 heteroatoms. The van der Waals surface area contributed by atoms with Crippen LogP contribution < -0.4 is 16.0 Å². The van der Waals surface area contributed by atoms with E-state index in [9.17, 15) is 24.5 Å². The fraction of sp³-hybridized carbons (Fsp3) is 0.538. The van der Waals surface area contributed by atoms with E-state index >= 15 is 0 Å². The molecule has 0 bridgehead atoms. The zero-order chi connectivity index (χ0) is 31.6. The molecule has 2 aromatic rings. The van der Waals surface area contributed by atoms with Gasteiger partial charge in [0.25, 0.3) is 5.91 Å². The highest BCUT2D eigenvalue weighted by Crippen LogP contribution is 2.31. The summed E-state index contributed by atoms with van der Waals surface area (Å²) in [7, 11) is 0. The van der Waals surface area contributed by atoms with E-state index in [-0.39, 0.29) is 46.0 Å². The Kier molecular flexibility index (Phi) is 16.0. The number of carboxylic acids is 1. The van der Waals surface area contributed by atoms with Gasteiger partial charge in [-0.05, 0) is 43.4 Å². The second-order valence-electron chi connectivity index (χ2n) is 8.81. The summed E-state index contributed by atoms with van der Waals surface area (Å²) < 4.78 is 27.0. The monoisotopic (exact) mass is 627 g/mol. The largest absolute Gasteiger partial charge is 0.481 e. The highest BCUT2D eigenvalue weighted by molar-refractivity contribution is 7.19. The van der Waals surface area contributed by atoms with E-state index < -0.39 is 23.0 Å². The van der Waals surface area contributed by atoms with Gasteiger partial charge < -0.3 is 39.4 Å². The first-order chi connectivity index (χ1) is 20.6. The number of carbonyl (C=O) groups is 3. The molecule has 0 radical (unpaired) electrons. The van der Waals surface area contributed by atoms with Crippen LogP contribution in [0.4, 0.5) is 21.5 Å². The molecule has 4 N–H and O–H groups in total. The Morgan fingerprint density at radius 3 is 2.09 bits per heavy atom. The summed E-state index contributed by atoms with van der Waals surface area (Å²) in [6.45, 7) is 7.61. The van der Waals surface area contributed by atoms with E-state index in [1.165, 1.54) is 19.9 Å². The molecule has 2 rings (SSSR count). The lowest BCUT2D eigenvalue weighted by Gasteiger charge is -2.18. The van der Waals surface area contributed by atoms with E-state index in [2.05, 4.69) is 20.9 Å². The second kappa shape index (κ2) is 19.4. The van der Waals surface area contributed by atoms with Gasteiger partial charge in [0.1, 0.15) is 11.9 Å². The number of anilines is 3. The second-order valence-corrected chi connectivity index (χ2v) is 9.79. The number of benzene rings is 1. The SMILES string of the molecule is CC(=O)Nc1cc(NC(C)OCCOCCOCCOCCOCCC(=O)O)ccc1C(=O)Nc1nc(C)c([N+](=O)[O-])s1. The maximum atomic E-state index is 12.9. The van der Waals surface area contributed by atoms with E-state index in [1.54, 1.807) is 19.1 Å². The molecule has 2 amide bonds. The third kappa shape index (κ3) is 14.3. The van der Waals surface area contributed by atoms with Crippen LogP contribution in [0.3, 0.4) is 0 Å². The number of aryl methyl sites for hydroxylation is 1. The van der Waals surface area contributed by atoms with Crippen LogP contribution in [0.1, 0.15) is 36.3 Å². The molecule has 1 unspecified atom stereocenters. The lowest BCUT2D eigenvalue weighted by atomic mass is 10.1. The predicted octanol–water partition coefficient (Wildman–Crippen LogP) is 2.89. The molecule has 1 aromatic heterocycles. The summed E-state index contributed by atoms with van der Waals surface area (Å²) in [6, 6.07) is 4.73. The molecule has 43 heavy (non-hydrogen) atoms. The van der Waals surface area contributed by atoms with Crippen molar-refractivity contribution in [2.45, 2.75) is 33.4 Å². The van der Waals surface area contributed by atoms with E-state index in [0.29, 0.717) is 58.5 Å². The lowest BCUT2D eigenvalue weighted by molar-refractivity contribution is -0.380. The predicted molar refractivity (Wildman–Crippen MR) is 157 cm³/mol. The number of nitrogens with zero attached hydrogens (tertiary/aromatic N) is 2. The van der Waals surface area contributed by atoms with Crippen LogP contribution in [0.25, 0.3) is 0 Å². The molecule has 0 fully saturated rings. The summed E-state index contributed by atoms with van der Waals surface area (Å²) >= 11 is 0.745. The van der Waals surface area contributed by atoms with Crippen molar-refractivity contribution in [3.63, 3.8) is 0 Å². The Bertz CT molecular complexity index is 1210. The standard InChI is InChI=1S/C26H37N5O11S/c1-17-25(31(36)37)43-26(27-17)30-24(35)21-5-4-20(16-22(21)28-18(2)32)29-19(3)42-15-14-41-13-12-40-11-10-39-9-8-38-7-6-23(33)34/h4-5,16,19,29H,6-15H2,1-3H3,(H,28,32)(H,33,34)(H,27,30,35). The number of hydrogen-bond acceptors (Lipinski definition) is 13. The van der Waals surface area contributed by atoms with Crippen LogP contribution in [0.2, 0.25) is 0 Å². The zero-order valence-electron chi connectivity index (χ0n) is 24.2. The number of thiazole rings is 1. The van der Waals surface area contributed by atoms with Gasteiger partial charge in [-0.3, -0.25) is 29.8 Å². The zero-order valence-corrected chi connectivity index (χ0v) is 25.0. The number of nitro groups is 1. The molecule has 1 heterocycles. The Morgan fingerprint density at radius 1 is 0.977 bits per heavy atom. The highest BCUT2D eigenvalue weighted by Gasteiger charge is 2.21. The van der Waals surface area contributed by atoms with Gasteiger partial charge in [-0.25, -0.2) is 4.98 Å². The molecular formula is C26H37N5O11S. The average molecular weight is 628 g/mol. The van der Waals surface area contributed by atoms with E-state index in [0.717, 1.165) is 11.3 Å². The van der Waals surface area contributed by atoms with Gasteiger partial charge in [-0.15, -0.1) is 0 Å². The first-order valence-electron chi connectivity index (χ1n) is 13.3. The molecule has 238 valence electrons. The molecule has 0 saturated carbocycles. The van der Waals surface area contributed by atoms with Gasteiger partial charge in [0.05, 0.1) is 82.1 Å². The number of carboxylic acid groups (broad SMARTS) is 1. The molecule has 0 aliphatic rings. The van der Waals surface area contributed by atoms with Crippen molar-refractivity contribution < 1.29 is 48.1 Å². The molecule has 0 aliphatic heterocycles. The number of amides is 2. The van der Waals surface area contributed by atoms with Crippen molar-refractivity contribution in [2.75, 3.05) is 75.4 Å². The number of aliphatic carboxylic acids is 1. The Hall–Kier alpha value is -3.74. The number of hydrogen-bond donors (Lipinski definition) is 4. The minimum Gasteiger partial charge on any atom is -0.481 e. The molecule has 0 spiro atoms. The molecule has 0 aliphatic carbocycles. The topological polar surface area (TPSA) is 210 Å². The van der Waals surface area contributed by atoms with Gasteiger partial charge in [0, 0.05) is 12.6 Å². The Morgan fingerprint density at radius 2 is 1.56 bits per heavy atom. The minimum atomic E-state index is -0.901. The third-order valence-corrected chi connectivity index (χ3v) is 6.30. The number of ether oxygens (including phenoxy) is 5. The van der Waals surface area contributed by atoms with Crippen molar-refractivity contribution in [3.05, 3.63) is 39.6 Å². The summed E-state index contributed by atoms with van der Waals surface area (Å²) in [5.41, 5.74) is 1.16. The first kappa shape index (κ1) is 35.5. The molecule has 16 nitrogen and oxygen atoms in total. The smallest absolute Gasteiger partial charge is 0.348 e. The van der Waals surface area contributed by atoms with Gasteiger partial charge in [0.15, 0.2) is 5.13 Å². The summed E-state index contributed by atoms with van der Waals surface area (Å²) in [5, 5.41) is 27.8. The van der Waals surface area contributed by atoms with Crippen LogP contribution in [-0.4, -0.2) is 98.5 Å². The lowest BCUT2D eigenvalue weighted by Crippen LogP contribution is -2.22. The van der Waals surface area contributed by atoms with Gasteiger partial charge in [-0.2, -0.15) is 0 Å². The molecule has 0 saturated heterocycles. The number of carbonyl (C=O) groups excluding carboxylic acids is 2. The van der Waals surface area contributed by atoms with Crippen molar-refractivity contribution in [3.8, 4) is 0 Å². The van der Waals surface area contributed by atoms with Gasteiger partial charge in [-0.1, -0.05) is 0 Å². The van der Waals surface area contributed by atoms with Crippen molar-refractivity contribution in [1.29, 1.82) is 0 Å². The third-order valence-electron chi connectivity index (χ3n) is 5.28. The van der Waals surface area contributed by atoms with E-state index in [4.69, 9.17) is 28.8 Å². The van der Waals surface area contributed by atoms with Crippen LogP contribution >= 0.6 is 11.3 Å². The van der Waals surface area contributed by atoms with Crippen molar-refractivity contribution in [2.24, 2.45) is 0 Å². The van der Waals surface area contributed by atoms with E-state index in [1.807, 2.05) is 0 Å². The number of nitrogens with one attached hydrogen (secondary N) is 3. The normalized spacial score (nSPS) is 11.6. The highest BCUT2D eigenvalue weighted by atomic mass is 32.1. The Balaban J connectivity index is 1.67. The van der Waals surface area contributed by atoms with Gasteiger partial charge in [0.2, 0.25) is 5.91 Å². The molecule has 1 atom stereocenters. The average Bonchev–Trinajstić information content (AvgIpc) is 3.30. The minimum absolute atomic E-state index is 0.0336. The quantitative estimate of drug-likeness (QED) is 0.0641. The molecular weight excluding hydrogens is 590 g/mol. The number of aromatic nitrogens is 1. The maximum absolute atomic E-state index is 12.9. The fourth-order valence-electron chi connectivity index (χ4n) is 3.38. The summed E-state index contributed by atoms with van der Waals surface area (Å²) in [4.78, 5) is 49.5. The first-order valence-corrected chi connectivity index (χ1v) is 14.1. The summed E-state index contributed by atoms with van der Waals surface area (Å²) in [6.07, 6.45) is -0.456. The van der Waals surface area contributed by atoms with Crippen LogP contribution in [0.5, 0.6) is 0 Å². The van der Waals surface area contributed by atoms with Gasteiger partial charge >= 0.3 is 11.0 Å². The molecule has 1 aromatic carbocycles. The van der Waals surface area contributed by atoms with Crippen molar-refractivity contribution in [1.82, 2.24) is 4.98 Å². The number of rotatable bonds is 22. The van der Waals surface area contributed by atoms with Crippen molar-refractivity contribution >= 4 is 50.6 Å². The van der Waals surface area contributed by atoms with Crippen LogP contribution in [0.15, 0.2) is 18.2 Å². The Labute approximate surface area is 252 Å². The fourth-order valence-corrected chi connectivity index (χ4v) is 4.16.